The van der Waals surface area contributed by atoms with Crippen molar-refractivity contribution in [2.45, 2.75) is 17.7 Å². The molecule has 25 heavy (non-hydrogen) atoms. The van der Waals surface area contributed by atoms with E-state index in [2.05, 4.69) is 104 Å². The van der Waals surface area contributed by atoms with E-state index >= 15 is 0 Å². The molecule has 0 unspecified atom stereocenters. The van der Waals surface area contributed by atoms with Gasteiger partial charge in [0.25, 0.3) is 0 Å². The third-order valence-electron chi connectivity index (χ3n) is 4.84. The van der Waals surface area contributed by atoms with Gasteiger partial charge in [-0.2, -0.15) is 0 Å². The van der Waals surface area contributed by atoms with Crippen LogP contribution in [0.3, 0.4) is 0 Å². The van der Waals surface area contributed by atoms with Crippen LogP contribution in [0.1, 0.15) is 16.7 Å². The Balaban J connectivity index is 1.95. The quantitative estimate of drug-likeness (QED) is 0.304. The molecule has 3 aromatic rings. The Morgan fingerprint density at radius 1 is 0.560 bits per heavy atom. The van der Waals surface area contributed by atoms with E-state index in [9.17, 15) is 0 Å². The van der Waals surface area contributed by atoms with Crippen LogP contribution in [0.4, 0.5) is 0 Å². The molecule has 0 saturated heterocycles. The minimum atomic E-state index is -2.55. The molecule has 0 radical (unpaired) electrons. The summed E-state index contributed by atoms with van der Waals surface area (Å²) in [5, 5.41) is 0. The average Bonchev–Trinajstić information content (AvgIpc) is 2.64. The summed E-state index contributed by atoms with van der Waals surface area (Å²) in [5.74, 6) is 0. The van der Waals surface area contributed by atoms with E-state index in [1.165, 1.54) is 34.4 Å². The van der Waals surface area contributed by atoms with E-state index in [0.29, 0.717) is 0 Å². The second kappa shape index (κ2) is 9.05. The summed E-state index contributed by atoms with van der Waals surface area (Å²) in [4.78, 5) is 0. The summed E-state index contributed by atoms with van der Waals surface area (Å²) in [6.07, 6.45) is 2.19. The first kappa shape index (κ1) is 18.0. The van der Waals surface area contributed by atoms with E-state index in [-0.39, 0.29) is 0 Å². The number of hydrogen-bond acceptors (Lipinski definition) is 0. The van der Waals surface area contributed by atoms with Crippen molar-refractivity contribution in [3.05, 3.63) is 120 Å². The van der Waals surface area contributed by atoms with Crippen LogP contribution in [-0.4, -0.2) is 18.4 Å². The van der Waals surface area contributed by atoms with Gasteiger partial charge in [0, 0.05) is 0 Å². The summed E-state index contributed by atoms with van der Waals surface area (Å²) >= 11 is -2.55. The molecule has 3 rings (SSSR count). The standard InChI is InChI=1S/3C7H7.C3H5.Sn/c3*1-7-5-3-2-4-6-7;1-3-2;/h3*2-6H,1H2;3H,1-2H2;. The zero-order chi connectivity index (χ0) is 17.4. The van der Waals surface area contributed by atoms with E-state index in [4.69, 9.17) is 0 Å². The van der Waals surface area contributed by atoms with Crippen LogP contribution < -0.4 is 0 Å². The van der Waals surface area contributed by atoms with Gasteiger partial charge in [-0.3, -0.25) is 0 Å². The van der Waals surface area contributed by atoms with Gasteiger partial charge in [0.05, 0.1) is 0 Å². The molecule has 0 aliphatic carbocycles. The van der Waals surface area contributed by atoms with Crippen LogP contribution >= 0.6 is 0 Å². The Bertz CT molecular complexity index is 662. The minimum absolute atomic E-state index is 1.22. The molecule has 3 aromatic carbocycles. The molecule has 0 spiro atoms. The molecular formula is C24H26Sn. The molecule has 0 nitrogen and oxygen atoms in total. The first-order chi connectivity index (χ1) is 12.3. The van der Waals surface area contributed by atoms with Gasteiger partial charge in [-0.15, -0.1) is 0 Å². The molecule has 0 aromatic heterocycles. The summed E-state index contributed by atoms with van der Waals surface area (Å²) in [5.41, 5.74) is 4.48. The van der Waals surface area contributed by atoms with Crippen molar-refractivity contribution < 1.29 is 0 Å². The molecule has 0 aliphatic heterocycles. The first-order valence-corrected chi connectivity index (χ1v) is 17.1. The zero-order valence-corrected chi connectivity index (χ0v) is 17.6. The number of rotatable bonds is 8. The monoisotopic (exact) mass is 434 g/mol. The van der Waals surface area contributed by atoms with Gasteiger partial charge in [-0.05, 0) is 0 Å². The van der Waals surface area contributed by atoms with Gasteiger partial charge in [0.15, 0.2) is 0 Å². The predicted octanol–water partition coefficient (Wildman–Crippen LogP) is 5.97. The van der Waals surface area contributed by atoms with Crippen LogP contribution in [0.25, 0.3) is 0 Å². The molecule has 0 aliphatic rings. The molecule has 126 valence electrons. The van der Waals surface area contributed by atoms with E-state index in [0.717, 1.165) is 0 Å². The molecule has 0 bridgehead atoms. The van der Waals surface area contributed by atoms with E-state index in [1.54, 1.807) is 0 Å². The van der Waals surface area contributed by atoms with Crippen molar-refractivity contribution in [1.29, 1.82) is 0 Å². The van der Waals surface area contributed by atoms with Gasteiger partial charge < -0.3 is 0 Å². The summed E-state index contributed by atoms with van der Waals surface area (Å²) in [6, 6.07) is 33.1. The zero-order valence-electron chi connectivity index (χ0n) is 14.8. The number of allylic oxidation sites excluding steroid dienone is 1. The van der Waals surface area contributed by atoms with E-state index in [1.807, 2.05) is 0 Å². The Kier molecular flexibility index (Phi) is 6.52. The summed E-state index contributed by atoms with van der Waals surface area (Å²) in [7, 11) is 0. The number of benzene rings is 3. The molecule has 1 heteroatoms. The normalized spacial score (nSPS) is 11.2. The van der Waals surface area contributed by atoms with Gasteiger partial charge in [-0.25, -0.2) is 0 Å². The first-order valence-electron chi connectivity index (χ1n) is 9.02. The molecule has 0 fully saturated rings. The maximum absolute atomic E-state index is 4.12. The Morgan fingerprint density at radius 2 is 0.880 bits per heavy atom. The Hall–Kier alpha value is -1.80. The van der Waals surface area contributed by atoms with Crippen molar-refractivity contribution in [3.8, 4) is 0 Å². The van der Waals surface area contributed by atoms with Crippen LogP contribution in [0.15, 0.2) is 104 Å². The molecule has 0 amide bonds. The molecular weight excluding hydrogens is 407 g/mol. The van der Waals surface area contributed by atoms with Gasteiger partial charge in [0.1, 0.15) is 0 Å². The fraction of sp³-hybridized carbons (Fsp3) is 0.167. The molecule has 0 atom stereocenters. The van der Waals surface area contributed by atoms with Crippen molar-refractivity contribution in [3.63, 3.8) is 0 Å². The SMILES string of the molecule is C=C[CH2][Sn]([CH2]c1ccccc1)([CH2]c1ccccc1)[CH2]c1ccccc1. The molecule has 0 heterocycles. The van der Waals surface area contributed by atoms with Gasteiger partial charge in [-0.1, -0.05) is 0 Å². The van der Waals surface area contributed by atoms with Crippen LogP contribution in [-0.2, 0) is 13.3 Å². The van der Waals surface area contributed by atoms with Crippen molar-refractivity contribution in [2.24, 2.45) is 0 Å². The third-order valence-corrected chi connectivity index (χ3v) is 18.1. The summed E-state index contributed by atoms with van der Waals surface area (Å²) < 4.78 is 5.02. The topological polar surface area (TPSA) is 0 Å². The van der Waals surface area contributed by atoms with Crippen LogP contribution in [0, 0.1) is 0 Å². The third kappa shape index (κ3) is 5.34. The summed E-state index contributed by atoms with van der Waals surface area (Å²) in [6.45, 7) is 4.12. The fourth-order valence-corrected chi connectivity index (χ4v) is 17.3. The van der Waals surface area contributed by atoms with Crippen molar-refractivity contribution in [1.82, 2.24) is 0 Å². The molecule has 0 N–H and O–H groups in total. The van der Waals surface area contributed by atoms with Crippen LogP contribution in [0.2, 0.25) is 4.44 Å². The van der Waals surface area contributed by atoms with Crippen molar-refractivity contribution >= 4 is 18.4 Å². The predicted molar refractivity (Wildman–Crippen MR) is 111 cm³/mol. The van der Waals surface area contributed by atoms with Crippen LogP contribution in [0.5, 0.6) is 0 Å². The average molecular weight is 433 g/mol. The molecule has 0 saturated carbocycles. The van der Waals surface area contributed by atoms with Crippen molar-refractivity contribution in [2.75, 3.05) is 0 Å². The second-order valence-corrected chi connectivity index (χ2v) is 19.7. The maximum atomic E-state index is 4.12. The fourth-order valence-electron chi connectivity index (χ4n) is 3.80. The Labute approximate surface area is 156 Å². The second-order valence-electron chi connectivity index (χ2n) is 6.98. The Morgan fingerprint density at radius 3 is 1.16 bits per heavy atom. The number of hydrogen-bond donors (Lipinski definition) is 0. The van der Waals surface area contributed by atoms with Gasteiger partial charge in [0.2, 0.25) is 0 Å². The van der Waals surface area contributed by atoms with Gasteiger partial charge >= 0.3 is 156 Å². The van der Waals surface area contributed by atoms with E-state index < -0.39 is 18.4 Å².